The Morgan fingerprint density at radius 2 is 1.95 bits per heavy atom. The number of nitrogens with zero attached hydrogens (tertiary/aromatic N) is 1. The van der Waals surface area contributed by atoms with E-state index in [1.165, 1.54) is 24.4 Å². The molecule has 0 bridgehead atoms. The van der Waals surface area contributed by atoms with Gasteiger partial charge in [-0.15, -0.1) is 0 Å². The van der Waals surface area contributed by atoms with Crippen LogP contribution in [0.15, 0.2) is 42.6 Å². The second-order valence-electron chi connectivity index (χ2n) is 4.42. The number of hydrogen-bond acceptors (Lipinski definition) is 3. The highest BCUT2D eigenvalue weighted by Gasteiger charge is 2.20. The second kappa shape index (κ2) is 6.13. The monoisotopic (exact) mass is 288 g/mol. The summed E-state index contributed by atoms with van der Waals surface area (Å²) in [6.07, 6.45) is 1.33. The lowest BCUT2D eigenvalue weighted by atomic mass is 10.1. The number of pyridine rings is 1. The number of hydrogen-bond donors (Lipinski definition) is 2. The van der Waals surface area contributed by atoms with E-state index in [-0.39, 0.29) is 11.3 Å². The number of aromatic nitrogens is 1. The molecule has 2 N–H and O–H groups in total. The van der Waals surface area contributed by atoms with Gasteiger partial charge < -0.3 is 10.4 Å². The van der Waals surface area contributed by atoms with Crippen molar-refractivity contribution in [1.82, 2.24) is 10.3 Å². The normalized spacial score (nSPS) is 11.7. The third-order valence-corrected chi connectivity index (χ3v) is 2.97. The van der Waals surface area contributed by atoms with Crippen LogP contribution in [0.2, 0.25) is 0 Å². The van der Waals surface area contributed by atoms with E-state index in [0.717, 1.165) is 0 Å². The van der Waals surface area contributed by atoms with Crippen molar-refractivity contribution in [2.75, 3.05) is 0 Å². The van der Waals surface area contributed by atoms with Crippen LogP contribution in [-0.2, 0) is 0 Å². The molecule has 1 atom stereocenters. The first-order valence-corrected chi connectivity index (χ1v) is 6.24. The van der Waals surface area contributed by atoms with E-state index < -0.39 is 23.7 Å². The Balaban J connectivity index is 2.23. The van der Waals surface area contributed by atoms with E-state index in [1.807, 2.05) is 0 Å². The standard InChI is InChI=1S/C15H13FN2O3/c1-9(10-5-2-3-7-12(10)16)18-14(19)13-11(15(20)21)6-4-8-17-13/h2-9H,1H3,(H,18,19)(H,20,21). The predicted molar refractivity (Wildman–Crippen MR) is 73.5 cm³/mol. The molecule has 108 valence electrons. The third kappa shape index (κ3) is 3.22. The number of carboxylic acid groups (broad SMARTS) is 1. The number of benzene rings is 1. The van der Waals surface area contributed by atoms with Crippen molar-refractivity contribution in [3.63, 3.8) is 0 Å². The summed E-state index contributed by atoms with van der Waals surface area (Å²) in [6.45, 7) is 1.61. The fraction of sp³-hybridized carbons (Fsp3) is 0.133. The molecule has 0 aliphatic heterocycles. The minimum Gasteiger partial charge on any atom is -0.478 e. The minimum absolute atomic E-state index is 0.198. The van der Waals surface area contributed by atoms with E-state index in [1.54, 1.807) is 25.1 Å². The zero-order valence-electron chi connectivity index (χ0n) is 11.2. The largest absolute Gasteiger partial charge is 0.478 e. The van der Waals surface area contributed by atoms with Crippen molar-refractivity contribution in [3.05, 3.63) is 65.2 Å². The summed E-state index contributed by atoms with van der Waals surface area (Å²) < 4.78 is 13.6. The van der Waals surface area contributed by atoms with Gasteiger partial charge in [0.05, 0.1) is 11.6 Å². The fourth-order valence-electron chi connectivity index (χ4n) is 1.93. The molecule has 1 unspecified atom stereocenters. The highest BCUT2D eigenvalue weighted by molar-refractivity contribution is 6.03. The van der Waals surface area contributed by atoms with E-state index in [2.05, 4.69) is 10.3 Å². The summed E-state index contributed by atoms with van der Waals surface area (Å²) in [5, 5.41) is 11.6. The van der Waals surface area contributed by atoms with E-state index in [4.69, 9.17) is 5.11 Å². The van der Waals surface area contributed by atoms with Crippen molar-refractivity contribution >= 4 is 11.9 Å². The quantitative estimate of drug-likeness (QED) is 0.905. The molecule has 0 fully saturated rings. The van der Waals surface area contributed by atoms with E-state index >= 15 is 0 Å². The summed E-state index contributed by atoms with van der Waals surface area (Å²) in [5.41, 5.74) is -0.0809. The molecule has 1 amide bonds. The lowest BCUT2D eigenvalue weighted by Gasteiger charge is -2.15. The van der Waals surface area contributed by atoms with Crippen LogP contribution in [0, 0.1) is 5.82 Å². The molecule has 2 aromatic rings. The maximum atomic E-state index is 13.6. The molecule has 0 saturated carbocycles. The van der Waals surface area contributed by atoms with Gasteiger partial charge in [0.25, 0.3) is 5.91 Å². The first kappa shape index (κ1) is 14.6. The van der Waals surface area contributed by atoms with Crippen LogP contribution in [0.25, 0.3) is 0 Å². The Morgan fingerprint density at radius 1 is 1.24 bits per heavy atom. The number of carboxylic acids is 1. The molecular weight excluding hydrogens is 275 g/mol. The summed E-state index contributed by atoms with van der Waals surface area (Å²) >= 11 is 0. The number of halogens is 1. The van der Waals surface area contributed by atoms with Crippen molar-refractivity contribution < 1.29 is 19.1 Å². The van der Waals surface area contributed by atoms with Crippen molar-refractivity contribution in [2.45, 2.75) is 13.0 Å². The van der Waals surface area contributed by atoms with Gasteiger partial charge in [-0.2, -0.15) is 0 Å². The van der Waals surface area contributed by atoms with Gasteiger partial charge in [0, 0.05) is 11.8 Å². The first-order chi connectivity index (χ1) is 10.0. The fourth-order valence-corrected chi connectivity index (χ4v) is 1.93. The predicted octanol–water partition coefficient (Wildman–Crippen LogP) is 2.41. The van der Waals surface area contributed by atoms with Crippen LogP contribution < -0.4 is 5.32 Å². The van der Waals surface area contributed by atoms with E-state index in [0.29, 0.717) is 5.56 Å². The number of amides is 1. The SMILES string of the molecule is CC(NC(=O)c1ncccc1C(=O)O)c1ccccc1F. The maximum absolute atomic E-state index is 13.6. The van der Waals surface area contributed by atoms with Gasteiger partial charge in [0.2, 0.25) is 0 Å². The van der Waals surface area contributed by atoms with Crippen LogP contribution in [0.1, 0.15) is 39.4 Å². The Morgan fingerprint density at radius 3 is 2.62 bits per heavy atom. The van der Waals surface area contributed by atoms with Gasteiger partial charge in [0.1, 0.15) is 11.5 Å². The molecule has 0 aliphatic carbocycles. The molecular formula is C15H13FN2O3. The molecule has 1 aromatic carbocycles. The molecule has 1 heterocycles. The average Bonchev–Trinajstić information content (AvgIpc) is 2.47. The number of aromatic carboxylic acids is 1. The van der Waals surface area contributed by atoms with Crippen LogP contribution in [0.4, 0.5) is 4.39 Å². The molecule has 0 saturated heterocycles. The molecule has 0 aliphatic rings. The molecule has 0 radical (unpaired) electrons. The molecule has 21 heavy (non-hydrogen) atoms. The number of nitrogens with one attached hydrogen (secondary N) is 1. The lowest BCUT2D eigenvalue weighted by Crippen LogP contribution is -2.29. The smallest absolute Gasteiger partial charge is 0.338 e. The summed E-state index contributed by atoms with van der Waals surface area (Å²) in [4.78, 5) is 26.9. The van der Waals surface area contributed by atoms with E-state index in [9.17, 15) is 14.0 Å². The molecule has 5 nitrogen and oxygen atoms in total. The van der Waals surface area contributed by atoms with Gasteiger partial charge in [0.15, 0.2) is 0 Å². The molecule has 2 rings (SSSR count). The van der Waals surface area contributed by atoms with Crippen LogP contribution in [-0.4, -0.2) is 22.0 Å². The van der Waals surface area contributed by atoms with Crippen LogP contribution >= 0.6 is 0 Å². The van der Waals surface area contributed by atoms with Gasteiger partial charge in [-0.05, 0) is 25.1 Å². The van der Waals surface area contributed by atoms with Gasteiger partial charge in [-0.3, -0.25) is 9.78 Å². The van der Waals surface area contributed by atoms with Crippen molar-refractivity contribution in [3.8, 4) is 0 Å². The van der Waals surface area contributed by atoms with Gasteiger partial charge in [-0.25, -0.2) is 9.18 Å². The van der Waals surface area contributed by atoms with Crippen LogP contribution in [0.3, 0.4) is 0 Å². The zero-order chi connectivity index (χ0) is 15.4. The maximum Gasteiger partial charge on any atom is 0.338 e. The van der Waals surface area contributed by atoms with Gasteiger partial charge in [-0.1, -0.05) is 18.2 Å². The summed E-state index contributed by atoms with van der Waals surface area (Å²) in [7, 11) is 0. The average molecular weight is 288 g/mol. The number of carbonyl (C=O) groups excluding carboxylic acids is 1. The molecule has 1 aromatic heterocycles. The first-order valence-electron chi connectivity index (χ1n) is 6.24. The van der Waals surface area contributed by atoms with Crippen molar-refractivity contribution in [2.24, 2.45) is 0 Å². The highest BCUT2D eigenvalue weighted by atomic mass is 19.1. The highest BCUT2D eigenvalue weighted by Crippen LogP contribution is 2.17. The molecule has 6 heteroatoms. The Hall–Kier alpha value is -2.76. The summed E-state index contributed by atoms with van der Waals surface area (Å²) in [5.74, 6) is -2.35. The Kier molecular flexibility index (Phi) is 4.27. The Bertz CT molecular complexity index is 688. The van der Waals surface area contributed by atoms with Gasteiger partial charge >= 0.3 is 5.97 Å². The third-order valence-electron chi connectivity index (χ3n) is 2.97. The summed E-state index contributed by atoms with van der Waals surface area (Å²) in [6, 6.07) is 8.16. The topological polar surface area (TPSA) is 79.3 Å². The zero-order valence-corrected chi connectivity index (χ0v) is 11.2. The number of carbonyl (C=O) groups is 2. The Labute approximate surface area is 120 Å². The second-order valence-corrected chi connectivity index (χ2v) is 4.42. The van der Waals surface area contributed by atoms with Crippen LogP contribution in [0.5, 0.6) is 0 Å². The lowest BCUT2D eigenvalue weighted by molar-refractivity contribution is 0.0689. The minimum atomic E-state index is -1.24. The molecule has 0 spiro atoms. The number of rotatable bonds is 4. The van der Waals surface area contributed by atoms with Crippen molar-refractivity contribution in [1.29, 1.82) is 0 Å².